The molecule has 0 saturated heterocycles. The molecule has 0 spiro atoms. The van der Waals surface area contributed by atoms with Crippen molar-refractivity contribution in [2.45, 2.75) is 241 Å². The molecule has 4 bridgehead atoms. The topological polar surface area (TPSA) is 0 Å². The molecule has 0 unspecified atom stereocenters. The molecule has 3 rings (SSSR count). The molecule has 2 aromatic rings. The van der Waals surface area contributed by atoms with Crippen molar-refractivity contribution in [1.82, 2.24) is 0 Å². The Morgan fingerprint density at radius 1 is 0.164 bits per heavy atom. The fraction of sp³-hybridized carbons (Fsp3) is 0.786. The number of halogens is 70. The first-order chi connectivity index (χ1) is 54.7. The van der Waals surface area contributed by atoms with E-state index in [1.165, 1.54) is 0 Å². The van der Waals surface area contributed by atoms with Crippen LogP contribution in [0.3, 0.4) is 0 Å². The quantitative estimate of drug-likeness (QED) is 0.0471. The monoisotopic (exact) mass is 2220 g/mol. The minimum absolute atomic E-state index is 0.278. The van der Waals surface area contributed by atoms with Gasteiger partial charge in [-0.05, 0) is 0 Å². The van der Waals surface area contributed by atoms with E-state index in [2.05, 4.69) is 0 Å². The standard InChI is InChI=1S/C56H32Br2F68P2/c57-127(11-7-25(59,60)29(67,68)33(75,76)37(83,84)41(91,92)45(99,100)49(107,108)53(115,116)117,12-8-26(61,62)30(69,70)34(77,78)38(85,86)42(93,94)46(101,102)50(109,110)54(118,119)120)17-21-3-1-4-22(15-21)18-128(58,20-24-6-2-5-23(16-24)19-127,13-9-27(63,64)31(71,72)35(79,80)39(87,88)43(95,96)47(103,104)51(111,112)55(121,122)123)14-10-28(65,66)32(73,74)36(81,82)40(89,90)44(97,98)48(105,106)52(113,114)56(124,125)126/h1-6,15-16H,7-14,17-20H2. The van der Waals surface area contributed by atoms with E-state index >= 15 is 105 Å². The van der Waals surface area contributed by atoms with Gasteiger partial charge < -0.3 is 0 Å². The average molecular weight is 2220 g/mol. The molecule has 0 atom stereocenters. The summed E-state index contributed by atoms with van der Waals surface area (Å²) in [5.41, 5.74) is -7.87. The number of fused-ring (bicyclic) bond motifs is 4. The number of hydrogen-bond acceptors (Lipinski definition) is 0. The molecule has 0 aliphatic carbocycles. The predicted octanol–water partition coefficient (Wildman–Crippen LogP) is 30.7. The number of benzene rings is 2. The van der Waals surface area contributed by atoms with Crippen LogP contribution in [0.4, 0.5) is 299 Å². The van der Waals surface area contributed by atoms with Gasteiger partial charge in [0.25, 0.3) is 0 Å². The second kappa shape index (κ2) is 31.5. The van der Waals surface area contributed by atoms with E-state index in [1.54, 1.807) is 0 Å². The summed E-state index contributed by atoms with van der Waals surface area (Å²) in [6, 6.07) is -2.80. The Balaban J connectivity index is 2.82. The zero-order chi connectivity index (χ0) is 103. The minimum atomic E-state index is -9.71. The molecule has 1 aliphatic rings. The Bertz CT molecular complexity index is 3750. The molecular weight excluding hydrogens is 2190 g/mol. The Morgan fingerprint density at radius 2 is 0.266 bits per heavy atom. The van der Waals surface area contributed by atoms with Crippen molar-refractivity contribution < 1.29 is 299 Å². The molecule has 0 fully saturated rings. The first-order valence-corrected chi connectivity index (χ1v) is 41.2. The van der Waals surface area contributed by atoms with Crippen molar-refractivity contribution in [3.05, 3.63) is 70.8 Å². The van der Waals surface area contributed by atoms with Gasteiger partial charge in [-0.15, -0.1) is 0 Å². The first-order valence-electron chi connectivity index (χ1n) is 31.2. The van der Waals surface area contributed by atoms with Gasteiger partial charge in [-0.2, -0.15) is 0 Å². The second-order valence-corrected chi connectivity index (χ2v) is 50.8. The fourth-order valence-corrected chi connectivity index (χ4v) is 26.9. The molecule has 2 aromatic carbocycles. The van der Waals surface area contributed by atoms with Crippen LogP contribution in [-0.2, 0) is 24.6 Å². The van der Waals surface area contributed by atoms with Gasteiger partial charge in [0.05, 0.1) is 0 Å². The number of alkyl halides is 68. The summed E-state index contributed by atoms with van der Waals surface area (Å²) in [7, 11) is 0. The van der Waals surface area contributed by atoms with E-state index < -0.39 is 311 Å². The van der Waals surface area contributed by atoms with E-state index in [0.717, 1.165) is 0 Å². The van der Waals surface area contributed by atoms with E-state index in [1.807, 2.05) is 31.0 Å². The third-order valence-corrected chi connectivity index (χ3v) is 36.6. The van der Waals surface area contributed by atoms with Crippen molar-refractivity contribution in [1.29, 1.82) is 0 Å². The molecule has 0 N–H and O–H groups in total. The molecular formula is C56H32Br2F68P2. The van der Waals surface area contributed by atoms with Crippen LogP contribution in [0.25, 0.3) is 0 Å². The van der Waals surface area contributed by atoms with Crippen molar-refractivity contribution in [2.75, 3.05) is 24.6 Å². The normalized spacial score (nSPS) is 19.3. The van der Waals surface area contributed by atoms with Gasteiger partial charge in [0.2, 0.25) is 0 Å². The molecule has 0 nitrogen and oxygen atoms in total. The van der Waals surface area contributed by atoms with Crippen LogP contribution in [-0.4, -0.2) is 215 Å². The average Bonchev–Trinajstić information content (AvgIpc) is 0.702. The van der Waals surface area contributed by atoms with Crippen LogP contribution < -0.4 is 0 Å². The molecule has 1 heterocycles. The predicted molar refractivity (Wildman–Crippen MR) is 300 cm³/mol. The van der Waals surface area contributed by atoms with E-state index in [0.29, 0.717) is 0 Å². The summed E-state index contributed by atoms with van der Waals surface area (Å²) >= 11 is 3.94. The zero-order valence-electron chi connectivity index (χ0n) is 58.5. The molecule has 0 amide bonds. The fourth-order valence-electron chi connectivity index (χ4n) is 11.5. The second-order valence-electron chi connectivity index (χ2n) is 28.4. The molecule has 0 saturated carbocycles. The van der Waals surface area contributed by atoms with Crippen molar-refractivity contribution in [2.24, 2.45) is 0 Å². The van der Waals surface area contributed by atoms with E-state index in [-0.39, 0.29) is 36.4 Å². The third-order valence-electron chi connectivity index (χ3n) is 19.4. The van der Waals surface area contributed by atoms with Crippen molar-refractivity contribution in [3.63, 3.8) is 0 Å². The summed E-state index contributed by atoms with van der Waals surface area (Å²) in [6.45, 7) is 0. The number of hydrogen-bond donors (Lipinski definition) is 0. The van der Waals surface area contributed by atoms with Crippen molar-refractivity contribution >= 4 is 41.6 Å². The van der Waals surface area contributed by atoms with Crippen LogP contribution in [0.15, 0.2) is 48.5 Å². The van der Waals surface area contributed by atoms with Crippen molar-refractivity contribution in [3.8, 4) is 0 Å². The van der Waals surface area contributed by atoms with E-state index in [4.69, 9.17) is 0 Å². The van der Waals surface area contributed by atoms with Gasteiger partial charge in [-0.3, -0.25) is 0 Å². The first kappa shape index (κ1) is 118. The Morgan fingerprint density at radius 3 is 0.375 bits per heavy atom. The van der Waals surface area contributed by atoms with Crippen LogP contribution in [0, 0.1) is 0 Å². The molecule has 756 valence electrons. The summed E-state index contributed by atoms with van der Waals surface area (Å²) in [6.07, 6.45) is -76.5. The molecule has 0 aromatic heterocycles. The Kier molecular flexibility index (Phi) is 29.0. The third kappa shape index (κ3) is 16.9. The molecule has 72 heteroatoms. The summed E-state index contributed by atoms with van der Waals surface area (Å²) in [5, 5.41) is -15.4. The van der Waals surface area contributed by atoms with Crippen LogP contribution in [0.2, 0.25) is 0 Å². The van der Waals surface area contributed by atoms with E-state index in [9.17, 15) is 193 Å². The molecule has 1 aliphatic heterocycles. The maximum absolute atomic E-state index is 16.2. The summed E-state index contributed by atoms with van der Waals surface area (Å²) in [4.78, 5) is 0. The number of rotatable bonds is 36. The van der Waals surface area contributed by atoms with Crippen LogP contribution in [0.5, 0.6) is 0 Å². The van der Waals surface area contributed by atoms with Crippen LogP contribution >= 0.6 is 41.6 Å². The Hall–Kier alpha value is -4.50. The molecule has 0 radical (unpaired) electrons. The van der Waals surface area contributed by atoms with Gasteiger partial charge in [0.15, 0.2) is 0 Å². The van der Waals surface area contributed by atoms with Gasteiger partial charge in [0.1, 0.15) is 0 Å². The van der Waals surface area contributed by atoms with Gasteiger partial charge in [0, 0.05) is 0 Å². The van der Waals surface area contributed by atoms with Gasteiger partial charge in [-0.1, -0.05) is 0 Å². The summed E-state index contributed by atoms with van der Waals surface area (Å²) in [5.74, 6) is -259. The molecule has 128 heavy (non-hydrogen) atoms. The Labute approximate surface area is 675 Å². The SMILES string of the molecule is FC(F)(F)C(F)(F)C(F)(F)C(F)(F)C(F)(F)C(F)(F)C(F)(F)C(F)(F)CCP1(Br)(CCC(F)(F)C(F)(F)C(F)(F)C(F)(F)C(F)(F)C(F)(F)C(F)(F)C(F)(F)F)Cc2cccc(c2)CP(Br)(CCC(F)(F)C(F)(F)C(F)(F)C(F)(F)C(F)(F)C(F)(F)C(F)(F)C(F)(F)F)(CCC(F)(F)C(F)(F)C(F)(F)C(F)(F)C(F)(F)C(F)(F)C(F)(F)C(F)(F)F)Cc2cccc(c2)C1. The summed E-state index contributed by atoms with van der Waals surface area (Å²) < 4.78 is 989. The zero-order valence-corrected chi connectivity index (χ0v) is 63.4. The van der Waals surface area contributed by atoms with Gasteiger partial charge >= 0.3 is 676 Å². The van der Waals surface area contributed by atoms with Gasteiger partial charge in [-0.25, -0.2) is 0 Å². The van der Waals surface area contributed by atoms with Crippen LogP contribution in [0.1, 0.15) is 47.9 Å². The maximum atomic E-state index is 16.2.